The highest BCUT2D eigenvalue weighted by atomic mass is 79.9. The van der Waals surface area contributed by atoms with Crippen LogP contribution in [0.4, 0.5) is 5.82 Å². The zero-order valence-corrected chi connectivity index (χ0v) is 12.5. The Balaban J connectivity index is 2.32. The first kappa shape index (κ1) is 11.7. The number of fused-ring (bicyclic) bond motifs is 1. The van der Waals surface area contributed by atoms with Gasteiger partial charge in [0.05, 0.1) is 8.66 Å². The van der Waals surface area contributed by atoms with Crippen LogP contribution >= 0.6 is 27.3 Å². The number of nitrogens with zero attached hydrogens (tertiary/aromatic N) is 2. The fraction of sp³-hybridized carbons (Fsp3) is 0.154. The van der Waals surface area contributed by atoms with Crippen LogP contribution in [0.15, 0.2) is 28.1 Å². The van der Waals surface area contributed by atoms with E-state index in [4.69, 9.17) is 5.73 Å². The number of hydrogen-bond donors (Lipinski definition) is 1. The van der Waals surface area contributed by atoms with Crippen LogP contribution in [0.1, 0.15) is 11.3 Å². The van der Waals surface area contributed by atoms with E-state index in [0.29, 0.717) is 5.82 Å². The first-order chi connectivity index (χ1) is 8.56. The maximum Gasteiger partial charge on any atom is 0.139 e. The number of hydrogen-bond acceptors (Lipinski definition) is 3. The highest BCUT2D eigenvalue weighted by Gasteiger charge is 2.14. The van der Waals surface area contributed by atoms with E-state index >= 15 is 0 Å². The van der Waals surface area contributed by atoms with E-state index in [1.165, 1.54) is 5.56 Å². The summed E-state index contributed by atoms with van der Waals surface area (Å²) in [5.41, 5.74) is 10.3. The third kappa shape index (κ3) is 1.74. The average Bonchev–Trinajstić information content (AvgIpc) is 2.83. The smallest absolute Gasteiger partial charge is 0.139 e. The normalized spacial score (nSPS) is 11.3. The van der Waals surface area contributed by atoms with Crippen LogP contribution in [-0.2, 0) is 0 Å². The number of aryl methyl sites for hydroxylation is 2. The molecule has 0 unspecified atom stereocenters. The summed E-state index contributed by atoms with van der Waals surface area (Å²) in [6.45, 7) is 4.12. The quantitative estimate of drug-likeness (QED) is 0.735. The van der Waals surface area contributed by atoms with Crippen molar-refractivity contribution in [2.45, 2.75) is 13.8 Å². The lowest BCUT2D eigenvalue weighted by Crippen LogP contribution is -1.98. The van der Waals surface area contributed by atoms with Gasteiger partial charge in [-0.15, -0.1) is 11.3 Å². The zero-order chi connectivity index (χ0) is 12.9. The van der Waals surface area contributed by atoms with E-state index < -0.39 is 0 Å². The van der Waals surface area contributed by atoms with Crippen molar-refractivity contribution >= 4 is 38.7 Å². The van der Waals surface area contributed by atoms with Crippen LogP contribution in [-0.4, -0.2) is 9.38 Å². The van der Waals surface area contributed by atoms with Crippen molar-refractivity contribution in [2.24, 2.45) is 0 Å². The Morgan fingerprint density at radius 2 is 2.06 bits per heavy atom. The Kier molecular flexibility index (Phi) is 2.68. The lowest BCUT2D eigenvalue weighted by atomic mass is 10.2. The molecule has 92 valence electrons. The molecule has 0 aromatic carbocycles. The minimum atomic E-state index is 0.705. The second kappa shape index (κ2) is 4.10. The predicted molar refractivity (Wildman–Crippen MR) is 80.1 cm³/mol. The summed E-state index contributed by atoms with van der Waals surface area (Å²) in [7, 11) is 0. The van der Waals surface area contributed by atoms with Gasteiger partial charge in [-0.25, -0.2) is 4.98 Å². The third-order valence-corrected chi connectivity index (χ3v) is 4.52. The molecule has 0 saturated heterocycles. The summed E-state index contributed by atoms with van der Waals surface area (Å²) in [6.07, 6.45) is 0. The van der Waals surface area contributed by atoms with Crippen molar-refractivity contribution in [3.8, 4) is 10.6 Å². The molecule has 0 bridgehead atoms. The van der Waals surface area contributed by atoms with Crippen LogP contribution in [0.2, 0.25) is 0 Å². The molecule has 3 heterocycles. The number of thiophene rings is 1. The maximum absolute atomic E-state index is 6.22. The lowest BCUT2D eigenvalue weighted by Gasteiger charge is -2.03. The molecule has 3 rings (SSSR count). The molecule has 0 amide bonds. The Morgan fingerprint density at radius 3 is 2.72 bits per heavy atom. The number of nitrogen functional groups attached to an aromatic ring is 1. The molecule has 18 heavy (non-hydrogen) atoms. The molecule has 2 N–H and O–H groups in total. The number of anilines is 1. The summed E-state index contributed by atoms with van der Waals surface area (Å²) in [5.74, 6) is 0.705. The van der Waals surface area contributed by atoms with Crippen LogP contribution < -0.4 is 5.73 Å². The van der Waals surface area contributed by atoms with Crippen molar-refractivity contribution in [2.75, 3.05) is 5.73 Å². The lowest BCUT2D eigenvalue weighted by molar-refractivity contribution is 1.09. The predicted octanol–water partition coefficient (Wildman–Crippen LogP) is 4.02. The first-order valence-corrected chi connectivity index (χ1v) is 7.18. The molecule has 0 aliphatic heterocycles. The molecule has 0 spiro atoms. The number of halogens is 1. The van der Waals surface area contributed by atoms with E-state index in [0.717, 1.165) is 25.7 Å². The van der Waals surface area contributed by atoms with Gasteiger partial charge in [0.15, 0.2) is 0 Å². The van der Waals surface area contributed by atoms with Crippen molar-refractivity contribution < 1.29 is 0 Å². The monoisotopic (exact) mass is 321 g/mol. The Bertz CT molecular complexity index is 742. The molecule has 0 fully saturated rings. The minimum Gasteiger partial charge on any atom is -0.383 e. The molecule has 0 saturated carbocycles. The van der Waals surface area contributed by atoms with Crippen LogP contribution in [0.3, 0.4) is 0 Å². The van der Waals surface area contributed by atoms with Gasteiger partial charge in [-0.1, -0.05) is 0 Å². The van der Waals surface area contributed by atoms with E-state index in [9.17, 15) is 0 Å². The first-order valence-electron chi connectivity index (χ1n) is 5.57. The number of imidazole rings is 1. The number of aromatic nitrogens is 2. The summed E-state index contributed by atoms with van der Waals surface area (Å²) in [5, 5.41) is 0. The van der Waals surface area contributed by atoms with E-state index in [1.807, 2.05) is 23.5 Å². The molecule has 0 aliphatic rings. The van der Waals surface area contributed by atoms with Gasteiger partial charge in [-0.05, 0) is 59.6 Å². The van der Waals surface area contributed by atoms with Crippen LogP contribution in [0.5, 0.6) is 0 Å². The van der Waals surface area contributed by atoms with Gasteiger partial charge in [0, 0.05) is 5.69 Å². The molecule has 0 aliphatic carbocycles. The van der Waals surface area contributed by atoms with E-state index in [2.05, 4.69) is 40.0 Å². The number of rotatable bonds is 1. The summed E-state index contributed by atoms with van der Waals surface area (Å²) in [6, 6.07) is 8.21. The van der Waals surface area contributed by atoms with Gasteiger partial charge in [-0.2, -0.15) is 0 Å². The molecule has 0 atom stereocenters. The van der Waals surface area contributed by atoms with E-state index in [1.54, 1.807) is 11.3 Å². The summed E-state index contributed by atoms with van der Waals surface area (Å²) < 4.78 is 3.08. The largest absolute Gasteiger partial charge is 0.383 e. The Labute approximate surface area is 117 Å². The Hall–Kier alpha value is -1.33. The van der Waals surface area contributed by atoms with Gasteiger partial charge in [0.2, 0.25) is 0 Å². The molecular weight excluding hydrogens is 310 g/mol. The zero-order valence-electron chi connectivity index (χ0n) is 10.1. The molecule has 3 aromatic rings. The van der Waals surface area contributed by atoms with Gasteiger partial charge in [0.1, 0.15) is 17.2 Å². The fourth-order valence-electron chi connectivity index (χ4n) is 2.18. The van der Waals surface area contributed by atoms with Gasteiger partial charge in [-0.3, -0.25) is 4.40 Å². The molecule has 3 nitrogen and oxygen atoms in total. The van der Waals surface area contributed by atoms with Gasteiger partial charge >= 0.3 is 0 Å². The maximum atomic E-state index is 6.22. The Morgan fingerprint density at radius 1 is 1.28 bits per heavy atom. The average molecular weight is 322 g/mol. The van der Waals surface area contributed by atoms with Gasteiger partial charge < -0.3 is 5.73 Å². The molecule has 0 radical (unpaired) electrons. The summed E-state index contributed by atoms with van der Waals surface area (Å²) >= 11 is 5.11. The van der Waals surface area contributed by atoms with E-state index in [-0.39, 0.29) is 0 Å². The molecule has 3 aromatic heterocycles. The van der Waals surface area contributed by atoms with Crippen molar-refractivity contribution in [1.82, 2.24) is 9.38 Å². The third-order valence-electron chi connectivity index (χ3n) is 2.89. The van der Waals surface area contributed by atoms with Crippen molar-refractivity contribution in [3.05, 3.63) is 39.3 Å². The SMILES string of the molecule is Cc1cc(C)n2c(N)c(-c3ccc(Br)s3)nc2c1. The fourth-order valence-corrected chi connectivity index (χ4v) is 3.57. The molecule has 5 heteroatoms. The highest BCUT2D eigenvalue weighted by molar-refractivity contribution is 9.11. The van der Waals surface area contributed by atoms with Crippen molar-refractivity contribution in [3.63, 3.8) is 0 Å². The minimum absolute atomic E-state index is 0.705. The van der Waals surface area contributed by atoms with Gasteiger partial charge in [0.25, 0.3) is 0 Å². The second-order valence-electron chi connectivity index (χ2n) is 4.32. The standard InChI is InChI=1S/C13H12BrN3S/c1-7-5-8(2)17-11(6-7)16-12(13(17)15)9-3-4-10(14)18-9/h3-6H,15H2,1-2H3. The van der Waals surface area contributed by atoms with Crippen LogP contribution in [0.25, 0.3) is 16.2 Å². The topological polar surface area (TPSA) is 43.3 Å². The van der Waals surface area contributed by atoms with Crippen LogP contribution in [0, 0.1) is 13.8 Å². The number of nitrogens with two attached hydrogens (primary N) is 1. The summed E-state index contributed by atoms with van der Waals surface area (Å²) in [4.78, 5) is 5.73. The molecular formula is C13H12BrN3S. The second-order valence-corrected chi connectivity index (χ2v) is 6.78. The van der Waals surface area contributed by atoms with Crippen molar-refractivity contribution in [1.29, 1.82) is 0 Å². The number of pyridine rings is 1. The highest BCUT2D eigenvalue weighted by Crippen LogP contribution is 2.34.